The Balaban J connectivity index is 1.35. The molecule has 3 aromatic rings. The molecule has 2 aromatic carbocycles. The first kappa shape index (κ1) is 18.0. The van der Waals surface area contributed by atoms with E-state index >= 15 is 0 Å². The number of amides is 1. The van der Waals surface area contributed by atoms with Gasteiger partial charge in [0, 0.05) is 23.6 Å². The molecular weight excluding hydrogens is 366 g/mol. The highest BCUT2D eigenvalue weighted by atomic mass is 16.5. The molecule has 0 spiro atoms. The van der Waals surface area contributed by atoms with Gasteiger partial charge >= 0.3 is 5.63 Å². The summed E-state index contributed by atoms with van der Waals surface area (Å²) in [5.74, 6) is 0.545. The van der Waals surface area contributed by atoms with E-state index in [9.17, 15) is 9.59 Å². The van der Waals surface area contributed by atoms with Crippen LogP contribution < -0.4 is 10.4 Å². The van der Waals surface area contributed by atoms with Crippen molar-refractivity contribution in [1.29, 1.82) is 0 Å². The lowest BCUT2D eigenvalue weighted by Crippen LogP contribution is -2.41. The first-order valence-electron chi connectivity index (χ1n) is 10.2. The van der Waals surface area contributed by atoms with Gasteiger partial charge in [-0.25, -0.2) is 4.79 Å². The van der Waals surface area contributed by atoms with Crippen LogP contribution in [0.1, 0.15) is 42.9 Å². The van der Waals surface area contributed by atoms with Crippen LogP contribution in [0.4, 0.5) is 0 Å². The lowest BCUT2D eigenvalue weighted by atomic mass is 9.86. The Morgan fingerprint density at radius 1 is 1.07 bits per heavy atom. The van der Waals surface area contributed by atoms with Crippen LogP contribution in [0.3, 0.4) is 0 Å². The number of rotatable bonds is 5. The zero-order valence-electron chi connectivity index (χ0n) is 16.2. The zero-order valence-corrected chi connectivity index (χ0v) is 16.2. The van der Waals surface area contributed by atoms with Gasteiger partial charge in [0.05, 0.1) is 6.04 Å². The molecule has 148 valence electrons. The fourth-order valence-electron chi connectivity index (χ4n) is 4.35. The molecule has 5 heteroatoms. The molecule has 1 saturated carbocycles. The third-order valence-corrected chi connectivity index (χ3v) is 5.86. The van der Waals surface area contributed by atoms with E-state index < -0.39 is 5.63 Å². The molecule has 0 bridgehead atoms. The van der Waals surface area contributed by atoms with E-state index in [4.69, 9.17) is 9.15 Å². The van der Waals surface area contributed by atoms with Crippen molar-refractivity contribution >= 4 is 16.9 Å². The largest absolute Gasteiger partial charge is 0.484 e. The summed E-state index contributed by atoms with van der Waals surface area (Å²) in [6, 6.07) is 17.3. The lowest BCUT2D eigenvalue weighted by Gasteiger charge is -2.36. The fourth-order valence-corrected chi connectivity index (χ4v) is 4.35. The van der Waals surface area contributed by atoms with E-state index in [1.54, 1.807) is 18.2 Å². The number of ether oxygens (including phenoxy) is 1. The maximum Gasteiger partial charge on any atom is 0.336 e. The Labute approximate surface area is 168 Å². The van der Waals surface area contributed by atoms with E-state index in [1.807, 2.05) is 6.07 Å². The van der Waals surface area contributed by atoms with E-state index in [0.29, 0.717) is 17.4 Å². The van der Waals surface area contributed by atoms with Crippen molar-refractivity contribution in [2.75, 3.05) is 6.61 Å². The Kier molecular flexibility index (Phi) is 4.58. The van der Waals surface area contributed by atoms with Crippen LogP contribution in [0.2, 0.25) is 0 Å². The predicted molar refractivity (Wildman–Crippen MR) is 110 cm³/mol. The van der Waals surface area contributed by atoms with Crippen LogP contribution >= 0.6 is 0 Å². The van der Waals surface area contributed by atoms with Crippen molar-refractivity contribution in [3.05, 3.63) is 76.1 Å². The maximum atomic E-state index is 13.2. The second-order valence-corrected chi connectivity index (χ2v) is 7.88. The summed E-state index contributed by atoms with van der Waals surface area (Å²) < 4.78 is 11.0. The number of aryl methyl sites for hydroxylation is 1. The first-order valence-corrected chi connectivity index (χ1v) is 10.2. The summed E-state index contributed by atoms with van der Waals surface area (Å²) in [5.41, 5.74) is 2.70. The summed E-state index contributed by atoms with van der Waals surface area (Å²) in [6.45, 7) is -0.0161. The Hall–Kier alpha value is -3.08. The highest BCUT2D eigenvalue weighted by Gasteiger charge is 2.39. The van der Waals surface area contributed by atoms with Crippen LogP contribution in [0.15, 0.2) is 63.8 Å². The van der Waals surface area contributed by atoms with Gasteiger partial charge in [0.15, 0.2) is 6.61 Å². The Morgan fingerprint density at radius 3 is 2.76 bits per heavy atom. The van der Waals surface area contributed by atoms with Crippen molar-refractivity contribution in [3.63, 3.8) is 0 Å². The van der Waals surface area contributed by atoms with Crippen LogP contribution in [0.25, 0.3) is 11.0 Å². The zero-order chi connectivity index (χ0) is 19.8. The highest BCUT2D eigenvalue weighted by molar-refractivity contribution is 5.80. The average molecular weight is 389 g/mol. The second kappa shape index (κ2) is 7.39. The number of nitrogens with zero attached hydrogens (tertiary/aromatic N) is 1. The molecule has 1 fully saturated rings. The van der Waals surface area contributed by atoms with Gasteiger partial charge in [-0.1, -0.05) is 24.3 Å². The van der Waals surface area contributed by atoms with Crippen LogP contribution in [0.5, 0.6) is 5.75 Å². The Morgan fingerprint density at radius 2 is 1.90 bits per heavy atom. The first-order chi connectivity index (χ1) is 14.2. The van der Waals surface area contributed by atoms with Crippen LogP contribution in [-0.4, -0.2) is 23.5 Å². The van der Waals surface area contributed by atoms with Gasteiger partial charge in [0.2, 0.25) is 0 Å². The molecule has 1 unspecified atom stereocenters. The molecule has 0 N–H and O–H groups in total. The smallest absolute Gasteiger partial charge is 0.336 e. The molecule has 2 aliphatic rings. The van der Waals surface area contributed by atoms with Crippen molar-refractivity contribution in [2.24, 2.45) is 0 Å². The summed E-state index contributed by atoms with van der Waals surface area (Å²) in [4.78, 5) is 26.6. The topological polar surface area (TPSA) is 59.8 Å². The molecule has 5 rings (SSSR count). The van der Waals surface area contributed by atoms with Gasteiger partial charge in [-0.2, -0.15) is 0 Å². The van der Waals surface area contributed by atoms with E-state index in [0.717, 1.165) is 37.5 Å². The number of carbonyl (C=O) groups excluding carboxylic acids is 1. The minimum atomic E-state index is -0.401. The number of hydrogen-bond acceptors (Lipinski definition) is 4. The minimum Gasteiger partial charge on any atom is -0.484 e. The molecule has 2 aliphatic carbocycles. The third kappa shape index (κ3) is 3.65. The van der Waals surface area contributed by atoms with Crippen LogP contribution in [-0.2, 0) is 11.2 Å². The number of benzene rings is 2. The average Bonchev–Trinajstić information content (AvgIpc) is 3.57. The number of hydrogen-bond donors (Lipinski definition) is 0. The van der Waals surface area contributed by atoms with Gasteiger partial charge in [-0.15, -0.1) is 0 Å². The maximum absolute atomic E-state index is 13.2. The summed E-state index contributed by atoms with van der Waals surface area (Å²) in [7, 11) is 0. The highest BCUT2D eigenvalue weighted by Crippen LogP contribution is 2.40. The molecule has 0 saturated heterocycles. The standard InChI is InChI=1S/C24H23NO4/c26-23(15-28-19-12-8-17-9-13-24(27)29-22(17)14-19)25(18-10-11-18)21-7-3-5-16-4-1-2-6-20(16)21/h1-2,4,6,8-9,12-14,18,21H,3,5,7,10-11,15H2. The molecule has 5 nitrogen and oxygen atoms in total. The molecule has 1 atom stereocenters. The SMILES string of the molecule is O=C(COc1ccc2ccc(=O)oc2c1)N(C1CC1)C1CCCc2ccccc21. The molecule has 29 heavy (non-hydrogen) atoms. The number of carbonyl (C=O) groups is 1. The summed E-state index contributed by atoms with van der Waals surface area (Å²) in [5, 5.41) is 0.821. The van der Waals surface area contributed by atoms with Gasteiger partial charge in [-0.05, 0) is 61.4 Å². The molecule has 0 aliphatic heterocycles. The third-order valence-electron chi connectivity index (χ3n) is 5.86. The normalized spacial score (nSPS) is 18.3. The molecule has 1 aromatic heterocycles. The van der Waals surface area contributed by atoms with Crippen molar-refractivity contribution in [3.8, 4) is 5.75 Å². The van der Waals surface area contributed by atoms with Crippen molar-refractivity contribution in [2.45, 2.75) is 44.2 Å². The minimum absolute atomic E-state index is 0.0161. The summed E-state index contributed by atoms with van der Waals surface area (Å²) >= 11 is 0. The number of fused-ring (bicyclic) bond motifs is 2. The van der Waals surface area contributed by atoms with E-state index in [-0.39, 0.29) is 18.6 Å². The van der Waals surface area contributed by atoms with E-state index in [1.165, 1.54) is 17.2 Å². The lowest BCUT2D eigenvalue weighted by molar-refractivity contribution is -0.137. The monoisotopic (exact) mass is 389 g/mol. The summed E-state index contributed by atoms with van der Waals surface area (Å²) in [6.07, 6.45) is 5.30. The predicted octanol–water partition coefficient (Wildman–Crippen LogP) is 4.24. The fraction of sp³-hybridized carbons (Fsp3) is 0.333. The van der Waals surface area contributed by atoms with Crippen molar-refractivity contribution in [1.82, 2.24) is 4.90 Å². The molecule has 1 amide bonds. The van der Waals surface area contributed by atoms with Gasteiger partial charge < -0.3 is 14.1 Å². The molecule has 1 heterocycles. The molecular formula is C24H23NO4. The van der Waals surface area contributed by atoms with Crippen molar-refractivity contribution < 1.29 is 13.9 Å². The van der Waals surface area contributed by atoms with Gasteiger partial charge in [0.25, 0.3) is 5.91 Å². The van der Waals surface area contributed by atoms with Gasteiger partial charge in [-0.3, -0.25) is 4.79 Å². The van der Waals surface area contributed by atoms with Gasteiger partial charge in [0.1, 0.15) is 11.3 Å². The van der Waals surface area contributed by atoms with E-state index in [2.05, 4.69) is 29.2 Å². The second-order valence-electron chi connectivity index (χ2n) is 7.88. The van der Waals surface area contributed by atoms with Crippen LogP contribution in [0, 0.1) is 0 Å². The Bertz CT molecular complexity index is 1120. The quantitative estimate of drug-likeness (QED) is 0.613. The molecule has 0 radical (unpaired) electrons.